The van der Waals surface area contributed by atoms with Crippen molar-refractivity contribution in [1.29, 1.82) is 0 Å². The second-order valence-electron chi connectivity index (χ2n) is 3.81. The van der Waals surface area contributed by atoms with Crippen LogP contribution < -0.4 is 18.9 Å². The maximum Gasteiger partial charge on any atom is 1.00 e. The standard InChI is InChI=1S/C8H16O2.Li.H/c1-8(2,3)6-4-5-7(9)10;;/h4-6H2,1-3H3,(H,9,10);;/q;+1;-1. The first-order chi connectivity index (χ1) is 4.42. The molecule has 0 radical (unpaired) electrons. The van der Waals surface area contributed by atoms with Crippen LogP contribution in [0.4, 0.5) is 0 Å². The minimum atomic E-state index is -0.691. The van der Waals surface area contributed by atoms with Crippen molar-refractivity contribution in [1.82, 2.24) is 0 Å². The largest absolute Gasteiger partial charge is 1.00 e. The van der Waals surface area contributed by atoms with Gasteiger partial charge in [-0.15, -0.1) is 0 Å². The van der Waals surface area contributed by atoms with Gasteiger partial charge in [0.2, 0.25) is 0 Å². The Morgan fingerprint density at radius 3 is 2.18 bits per heavy atom. The Morgan fingerprint density at radius 2 is 1.91 bits per heavy atom. The van der Waals surface area contributed by atoms with Crippen molar-refractivity contribution in [3.8, 4) is 0 Å². The third-order valence-electron chi connectivity index (χ3n) is 1.32. The van der Waals surface area contributed by atoms with E-state index in [9.17, 15) is 4.79 Å². The van der Waals surface area contributed by atoms with Crippen LogP contribution >= 0.6 is 0 Å². The van der Waals surface area contributed by atoms with E-state index in [4.69, 9.17) is 5.11 Å². The van der Waals surface area contributed by atoms with Crippen LogP contribution in [0.1, 0.15) is 41.5 Å². The van der Waals surface area contributed by atoms with Crippen molar-refractivity contribution in [2.24, 2.45) is 5.41 Å². The minimum Gasteiger partial charge on any atom is -1.00 e. The zero-order chi connectivity index (χ0) is 8.20. The Morgan fingerprint density at radius 1 is 1.45 bits per heavy atom. The predicted octanol–water partition coefficient (Wildman–Crippen LogP) is -0.596. The fraction of sp³-hybridized carbons (Fsp3) is 0.875. The van der Waals surface area contributed by atoms with Crippen molar-refractivity contribution >= 4 is 5.97 Å². The van der Waals surface area contributed by atoms with Gasteiger partial charge in [0.25, 0.3) is 0 Å². The molecule has 0 heterocycles. The molecule has 0 aliphatic rings. The van der Waals surface area contributed by atoms with E-state index in [0.717, 1.165) is 12.8 Å². The molecule has 0 aromatic rings. The molecule has 0 bridgehead atoms. The van der Waals surface area contributed by atoms with Crippen LogP contribution in [0.15, 0.2) is 0 Å². The van der Waals surface area contributed by atoms with E-state index < -0.39 is 5.97 Å². The van der Waals surface area contributed by atoms with Crippen molar-refractivity contribution in [2.45, 2.75) is 40.0 Å². The summed E-state index contributed by atoms with van der Waals surface area (Å²) in [6, 6.07) is 0. The van der Waals surface area contributed by atoms with E-state index in [-0.39, 0.29) is 25.7 Å². The van der Waals surface area contributed by atoms with Gasteiger partial charge in [-0.25, -0.2) is 0 Å². The third kappa shape index (κ3) is 13.1. The van der Waals surface area contributed by atoms with Crippen LogP contribution in [0.5, 0.6) is 0 Å². The van der Waals surface area contributed by atoms with Crippen molar-refractivity contribution in [2.75, 3.05) is 0 Å². The first kappa shape index (κ1) is 13.6. The van der Waals surface area contributed by atoms with Crippen LogP contribution in [0.25, 0.3) is 0 Å². The van der Waals surface area contributed by atoms with E-state index >= 15 is 0 Å². The van der Waals surface area contributed by atoms with E-state index in [2.05, 4.69) is 20.8 Å². The number of rotatable bonds is 3. The van der Waals surface area contributed by atoms with Crippen molar-refractivity contribution < 1.29 is 30.2 Å². The fourth-order valence-corrected chi connectivity index (χ4v) is 0.770. The molecule has 0 atom stereocenters. The molecule has 0 aromatic heterocycles. The van der Waals surface area contributed by atoms with E-state index in [1.165, 1.54) is 0 Å². The van der Waals surface area contributed by atoms with Gasteiger partial charge in [0.1, 0.15) is 0 Å². The Labute approximate surface area is 82.0 Å². The number of hydrogen-bond acceptors (Lipinski definition) is 1. The zero-order valence-electron chi connectivity index (χ0n) is 8.98. The summed E-state index contributed by atoms with van der Waals surface area (Å²) in [5.41, 5.74) is 0.273. The normalized spacial score (nSPS) is 10.5. The second kappa shape index (κ2) is 5.68. The summed E-state index contributed by atoms with van der Waals surface area (Å²) in [6.07, 6.45) is 2.08. The Kier molecular flexibility index (Phi) is 7.05. The molecule has 0 aromatic carbocycles. The molecule has 1 N–H and O–H groups in total. The SMILES string of the molecule is CC(C)(C)CCCC(=O)O.[H-].[Li+]. The molecule has 0 saturated carbocycles. The predicted molar refractivity (Wildman–Crippen MR) is 42.1 cm³/mol. The van der Waals surface area contributed by atoms with E-state index in [0.29, 0.717) is 6.42 Å². The van der Waals surface area contributed by atoms with Gasteiger partial charge >= 0.3 is 24.8 Å². The maximum atomic E-state index is 10.1. The molecular formula is C8H17LiO2. The molecule has 3 heteroatoms. The third-order valence-corrected chi connectivity index (χ3v) is 1.32. The first-order valence-electron chi connectivity index (χ1n) is 3.63. The monoisotopic (exact) mass is 152 g/mol. The van der Waals surface area contributed by atoms with Crippen LogP contribution in [0.2, 0.25) is 0 Å². The van der Waals surface area contributed by atoms with E-state index in [1.54, 1.807) is 0 Å². The average molecular weight is 152 g/mol. The van der Waals surface area contributed by atoms with Crippen LogP contribution in [-0.2, 0) is 4.79 Å². The van der Waals surface area contributed by atoms with Crippen molar-refractivity contribution in [3.63, 3.8) is 0 Å². The number of carbonyl (C=O) groups is 1. The Hall–Kier alpha value is 0.0674. The molecule has 0 rings (SSSR count). The summed E-state index contributed by atoms with van der Waals surface area (Å²) in [4.78, 5) is 10.1. The number of hydrogen-bond donors (Lipinski definition) is 1. The quantitative estimate of drug-likeness (QED) is 0.548. The van der Waals surface area contributed by atoms with Gasteiger partial charge < -0.3 is 6.53 Å². The van der Waals surface area contributed by atoms with Crippen LogP contribution in [0, 0.1) is 5.41 Å². The van der Waals surface area contributed by atoms with Gasteiger partial charge in [-0.3, -0.25) is 4.79 Å². The maximum absolute atomic E-state index is 10.1. The first-order valence-corrected chi connectivity index (χ1v) is 3.63. The molecule has 0 saturated heterocycles. The molecule has 0 amide bonds. The summed E-state index contributed by atoms with van der Waals surface area (Å²) >= 11 is 0. The minimum absolute atomic E-state index is 0. The molecule has 2 nitrogen and oxygen atoms in total. The van der Waals surface area contributed by atoms with Crippen LogP contribution in [-0.4, -0.2) is 11.1 Å². The van der Waals surface area contributed by atoms with E-state index in [1.807, 2.05) is 0 Å². The number of carboxylic acids is 1. The summed E-state index contributed by atoms with van der Waals surface area (Å²) in [5, 5.41) is 8.31. The Bertz CT molecular complexity index is 121. The molecule has 11 heavy (non-hydrogen) atoms. The van der Waals surface area contributed by atoms with Gasteiger partial charge in [-0.05, 0) is 18.3 Å². The van der Waals surface area contributed by atoms with Gasteiger partial charge in [0.05, 0.1) is 0 Å². The summed E-state index contributed by atoms with van der Waals surface area (Å²) in [6.45, 7) is 6.36. The van der Waals surface area contributed by atoms with Crippen molar-refractivity contribution in [3.05, 3.63) is 0 Å². The zero-order valence-corrected chi connectivity index (χ0v) is 7.98. The second-order valence-corrected chi connectivity index (χ2v) is 3.81. The van der Waals surface area contributed by atoms with Crippen LogP contribution in [0.3, 0.4) is 0 Å². The molecule has 0 aliphatic heterocycles. The molecule has 0 aliphatic carbocycles. The molecule has 62 valence electrons. The number of aliphatic carboxylic acids is 1. The molecule has 0 fully saturated rings. The summed E-state index contributed by atoms with van der Waals surface area (Å²) in [7, 11) is 0. The topological polar surface area (TPSA) is 37.3 Å². The molecule has 0 unspecified atom stereocenters. The van der Waals surface area contributed by atoms with Gasteiger partial charge in [-0.2, -0.15) is 0 Å². The molecule has 0 spiro atoms. The summed E-state index contributed by atoms with van der Waals surface area (Å²) < 4.78 is 0. The van der Waals surface area contributed by atoms with Gasteiger partial charge in [-0.1, -0.05) is 20.8 Å². The van der Waals surface area contributed by atoms with Gasteiger partial charge in [0, 0.05) is 6.42 Å². The fourth-order valence-electron chi connectivity index (χ4n) is 0.770. The Balaban J connectivity index is -0.000000405. The summed E-state index contributed by atoms with van der Waals surface area (Å²) in [5.74, 6) is -0.691. The smallest absolute Gasteiger partial charge is 1.00 e. The molecular weight excluding hydrogens is 135 g/mol. The average Bonchev–Trinajstić information content (AvgIpc) is 1.59. The number of carboxylic acid groups (broad SMARTS) is 1. The van der Waals surface area contributed by atoms with Gasteiger partial charge in [0.15, 0.2) is 0 Å².